The quantitative estimate of drug-likeness (QED) is 0.429. The summed E-state index contributed by atoms with van der Waals surface area (Å²) in [7, 11) is 0. The number of amides is 1. The van der Waals surface area contributed by atoms with Gasteiger partial charge >= 0.3 is 0 Å². The summed E-state index contributed by atoms with van der Waals surface area (Å²) < 4.78 is 0. The number of nitrogens with one attached hydrogen (secondary N) is 1. The van der Waals surface area contributed by atoms with Crippen molar-refractivity contribution >= 4 is 39.8 Å². The van der Waals surface area contributed by atoms with Crippen LogP contribution in [0.3, 0.4) is 0 Å². The van der Waals surface area contributed by atoms with E-state index in [0.29, 0.717) is 19.3 Å². The van der Waals surface area contributed by atoms with Gasteiger partial charge in [0.15, 0.2) is 5.78 Å². The number of allylic oxidation sites excluding steroid dienone is 3. The molecule has 35 heavy (non-hydrogen) atoms. The molecule has 0 bridgehead atoms. The summed E-state index contributed by atoms with van der Waals surface area (Å²) in [6, 6.07) is 16.6. The molecule has 1 amide bonds. The van der Waals surface area contributed by atoms with Gasteiger partial charge in [-0.3, -0.25) is 9.59 Å². The van der Waals surface area contributed by atoms with Crippen LogP contribution in [-0.4, -0.2) is 28.3 Å². The summed E-state index contributed by atoms with van der Waals surface area (Å²) in [4.78, 5) is 26.0. The maximum Gasteiger partial charge on any atom is 0.258 e. The Hall–Kier alpha value is -3.16. The van der Waals surface area contributed by atoms with E-state index in [1.807, 2.05) is 43.0 Å². The Morgan fingerprint density at radius 2 is 1.94 bits per heavy atom. The molecule has 0 aromatic heterocycles. The number of hydrogen-bond acceptors (Lipinski definition) is 6. The number of hydrogen-bond donors (Lipinski definition) is 2. The smallest absolute Gasteiger partial charge is 0.258 e. The van der Waals surface area contributed by atoms with Crippen molar-refractivity contribution in [3.05, 3.63) is 82.6 Å². The van der Waals surface area contributed by atoms with Gasteiger partial charge in [0.25, 0.3) is 5.91 Å². The number of ketones is 1. The van der Waals surface area contributed by atoms with E-state index in [0.717, 1.165) is 58.4 Å². The van der Waals surface area contributed by atoms with Gasteiger partial charge in [-0.15, -0.1) is 11.8 Å². The van der Waals surface area contributed by atoms with Crippen LogP contribution in [-0.2, 0) is 16.0 Å². The van der Waals surface area contributed by atoms with Crippen LogP contribution in [0.5, 0.6) is 0 Å². The van der Waals surface area contributed by atoms with Gasteiger partial charge in [0, 0.05) is 52.8 Å². The monoisotopic (exact) mass is 486 g/mol. The van der Waals surface area contributed by atoms with Crippen molar-refractivity contribution in [3.63, 3.8) is 0 Å². The second kappa shape index (κ2) is 10.2. The van der Waals surface area contributed by atoms with Crippen molar-refractivity contribution in [2.45, 2.75) is 45.4 Å². The fraction of sp³-hybridized carbons (Fsp3) is 0.321. The Morgan fingerprint density at radius 1 is 1.11 bits per heavy atom. The molecular formula is C28H30N4O2S. The highest BCUT2D eigenvalue weighted by Crippen LogP contribution is 2.35. The van der Waals surface area contributed by atoms with Crippen LogP contribution in [0, 0.1) is 5.92 Å². The molecule has 0 saturated carbocycles. The van der Waals surface area contributed by atoms with Crippen LogP contribution in [0.15, 0.2) is 71.0 Å². The van der Waals surface area contributed by atoms with E-state index >= 15 is 0 Å². The summed E-state index contributed by atoms with van der Waals surface area (Å²) in [6.45, 7) is 1.98. The van der Waals surface area contributed by atoms with E-state index in [4.69, 9.17) is 5.84 Å². The number of Topliss-reactive ketones (excluding diaryl/α,β-unsaturated/α-hetero) is 1. The molecule has 3 N–H and O–H groups in total. The molecule has 6 nitrogen and oxygen atoms in total. The van der Waals surface area contributed by atoms with Gasteiger partial charge in [-0.1, -0.05) is 49.4 Å². The second-order valence-electron chi connectivity index (χ2n) is 9.35. The zero-order valence-electron chi connectivity index (χ0n) is 19.9. The van der Waals surface area contributed by atoms with Crippen LogP contribution in [0.2, 0.25) is 0 Å². The molecule has 2 heterocycles. The lowest BCUT2D eigenvalue weighted by Crippen LogP contribution is -2.40. The minimum absolute atomic E-state index is 0.0144. The number of thioether (sulfide) groups is 1. The third-order valence-electron chi connectivity index (χ3n) is 6.72. The van der Waals surface area contributed by atoms with Crippen molar-refractivity contribution in [3.8, 4) is 0 Å². The van der Waals surface area contributed by atoms with E-state index in [2.05, 4.69) is 40.8 Å². The minimum atomic E-state index is -0.176. The number of nitrogens with zero attached hydrogens (tertiary/aromatic N) is 2. The lowest BCUT2D eigenvalue weighted by molar-refractivity contribution is -0.132. The summed E-state index contributed by atoms with van der Waals surface area (Å²) in [6.07, 6.45) is 6.73. The molecule has 0 radical (unpaired) electrons. The molecule has 0 saturated heterocycles. The van der Waals surface area contributed by atoms with Crippen molar-refractivity contribution in [2.24, 2.45) is 16.9 Å². The Morgan fingerprint density at radius 3 is 2.71 bits per heavy atom. The third kappa shape index (κ3) is 5.26. The summed E-state index contributed by atoms with van der Waals surface area (Å²) in [5.41, 5.74) is 6.99. The second-order valence-corrected chi connectivity index (χ2v) is 10.5. The molecule has 2 aromatic rings. The first-order valence-electron chi connectivity index (χ1n) is 12.2. The zero-order valence-corrected chi connectivity index (χ0v) is 20.7. The first-order chi connectivity index (χ1) is 17.0. The van der Waals surface area contributed by atoms with Crippen LogP contribution in [0.1, 0.15) is 55.7 Å². The normalized spacial score (nSPS) is 20.7. The predicted octanol–water partition coefficient (Wildman–Crippen LogP) is 5.27. The number of hydrazone groups is 1. The van der Waals surface area contributed by atoms with Gasteiger partial charge in [0.05, 0.1) is 5.71 Å². The number of hydrazine groups is 1. The lowest BCUT2D eigenvalue weighted by atomic mass is 9.89. The molecule has 2 aromatic carbocycles. The lowest BCUT2D eigenvalue weighted by Gasteiger charge is -2.24. The Labute approximate surface area is 210 Å². The molecule has 0 fully saturated rings. The summed E-state index contributed by atoms with van der Waals surface area (Å²) >= 11 is 1.90. The Balaban J connectivity index is 1.36. The molecular weight excluding hydrogens is 456 g/mol. The molecule has 1 aliphatic carbocycles. The fourth-order valence-corrected chi connectivity index (χ4v) is 5.84. The molecule has 7 heteroatoms. The average Bonchev–Trinajstić information content (AvgIpc) is 3.40. The van der Waals surface area contributed by atoms with Crippen LogP contribution in [0.25, 0.3) is 4.91 Å². The van der Waals surface area contributed by atoms with Gasteiger partial charge in [0.1, 0.15) is 0 Å². The highest BCUT2D eigenvalue weighted by atomic mass is 32.2. The topological polar surface area (TPSA) is 87.8 Å². The van der Waals surface area contributed by atoms with Gasteiger partial charge in [-0.25, -0.2) is 5.84 Å². The van der Waals surface area contributed by atoms with Gasteiger partial charge in [0.2, 0.25) is 0 Å². The van der Waals surface area contributed by atoms with Crippen LogP contribution in [0.4, 0.5) is 5.69 Å². The molecule has 2 aliphatic heterocycles. The van der Waals surface area contributed by atoms with E-state index in [9.17, 15) is 9.59 Å². The fourth-order valence-electron chi connectivity index (χ4n) is 4.86. The highest BCUT2D eigenvalue weighted by molar-refractivity contribution is 8.08. The van der Waals surface area contributed by atoms with E-state index < -0.39 is 0 Å². The van der Waals surface area contributed by atoms with E-state index in [1.165, 1.54) is 16.0 Å². The molecule has 3 aliphatic rings. The van der Waals surface area contributed by atoms with Crippen molar-refractivity contribution in [1.82, 2.24) is 5.12 Å². The Bertz CT molecular complexity index is 1250. The number of carbonyl (C=O) groups excluding carboxylic acids is 2. The predicted molar refractivity (Wildman–Crippen MR) is 142 cm³/mol. The number of nitrogens with two attached hydrogens (primary N) is 1. The maximum absolute atomic E-state index is 12.9. The number of anilines is 1. The third-order valence-corrected chi connectivity index (χ3v) is 7.88. The number of benzene rings is 2. The highest BCUT2D eigenvalue weighted by Gasteiger charge is 2.26. The van der Waals surface area contributed by atoms with E-state index in [-0.39, 0.29) is 17.6 Å². The van der Waals surface area contributed by atoms with Gasteiger partial charge in [-0.2, -0.15) is 10.2 Å². The van der Waals surface area contributed by atoms with Crippen LogP contribution < -0.4 is 11.2 Å². The van der Waals surface area contributed by atoms with Crippen LogP contribution >= 0.6 is 11.8 Å². The largest absolute Gasteiger partial charge is 0.359 e. The van der Waals surface area contributed by atoms with Crippen molar-refractivity contribution in [2.75, 3.05) is 11.1 Å². The SMILES string of the molecule is CC1CC(=O)N(N)N=C1c1ccc(NC2=C(Cc3cccc(C4=CCCS4)c3)C(=O)CCC2)cc1. The first-order valence-corrected chi connectivity index (χ1v) is 13.2. The number of carbonyl (C=O) groups is 2. The summed E-state index contributed by atoms with van der Waals surface area (Å²) in [5, 5.41) is 8.72. The first kappa shape index (κ1) is 23.6. The molecule has 1 unspecified atom stereocenters. The maximum atomic E-state index is 12.9. The molecule has 180 valence electrons. The minimum Gasteiger partial charge on any atom is -0.359 e. The molecule has 5 rings (SSSR count). The zero-order chi connectivity index (χ0) is 24.4. The average molecular weight is 487 g/mol. The van der Waals surface area contributed by atoms with Gasteiger partial charge < -0.3 is 5.32 Å². The van der Waals surface area contributed by atoms with Gasteiger partial charge in [-0.05, 0) is 48.1 Å². The molecule has 0 spiro atoms. The van der Waals surface area contributed by atoms with E-state index in [1.54, 1.807) is 0 Å². The number of rotatable bonds is 6. The Kier molecular flexibility index (Phi) is 6.88. The van der Waals surface area contributed by atoms with Crippen molar-refractivity contribution in [1.29, 1.82) is 0 Å². The molecule has 1 atom stereocenters. The summed E-state index contributed by atoms with van der Waals surface area (Å²) in [5.74, 6) is 6.91. The van der Waals surface area contributed by atoms with Crippen molar-refractivity contribution < 1.29 is 9.59 Å². The standard InChI is InChI=1S/C28H30N4O2S/c1-18-15-27(34)32(29)31-28(18)20-10-12-22(13-11-20)30-24-7-3-8-25(33)23(24)17-19-5-2-6-21(16-19)26-9-4-14-35-26/h2,5-6,9-13,16,18,30H,3-4,7-8,14-15,17,29H2,1H3.